The van der Waals surface area contributed by atoms with Gasteiger partial charge in [-0.2, -0.15) is 0 Å². The second kappa shape index (κ2) is 8.11. The summed E-state index contributed by atoms with van der Waals surface area (Å²) in [7, 11) is 0. The van der Waals surface area contributed by atoms with E-state index in [4.69, 9.17) is 0 Å². The van der Waals surface area contributed by atoms with Crippen LogP contribution in [0.25, 0.3) is 19.5 Å². The molecule has 4 heteroatoms. The molecule has 0 aliphatic heterocycles. The Balaban J connectivity index is 1.25. The van der Waals surface area contributed by atoms with Crippen LogP contribution in [-0.2, 0) is 0 Å². The maximum Gasteiger partial charge on any atom is 0.0775 e. The van der Waals surface area contributed by atoms with Gasteiger partial charge >= 0.3 is 0 Å². The van der Waals surface area contributed by atoms with Crippen molar-refractivity contribution in [2.45, 2.75) is 12.8 Å². The van der Waals surface area contributed by atoms with Crippen molar-refractivity contribution in [3.8, 4) is 43.2 Å². The first-order valence-electron chi connectivity index (χ1n) is 9.16. The minimum absolute atomic E-state index is 0.413. The maximum absolute atomic E-state index is 3.47. The molecular weight excluding hydrogens is 417 g/mol. The van der Waals surface area contributed by atoms with Crippen LogP contribution in [0.4, 0.5) is 0 Å². The van der Waals surface area contributed by atoms with Crippen molar-refractivity contribution in [3.63, 3.8) is 0 Å². The summed E-state index contributed by atoms with van der Waals surface area (Å²) in [6, 6.07) is 17.2. The third-order valence-electron chi connectivity index (χ3n) is 4.78. The molecule has 4 heterocycles. The zero-order valence-corrected chi connectivity index (χ0v) is 18.2. The van der Waals surface area contributed by atoms with Crippen LogP contribution in [-0.4, -0.2) is 0 Å². The molecule has 0 spiro atoms. The summed E-state index contributed by atoms with van der Waals surface area (Å²) in [5, 5.41) is 4.24. The van der Waals surface area contributed by atoms with E-state index in [2.05, 4.69) is 83.0 Å². The van der Waals surface area contributed by atoms with Crippen LogP contribution in [0.3, 0.4) is 0 Å². The molecule has 1 aliphatic carbocycles. The van der Waals surface area contributed by atoms with Gasteiger partial charge in [0, 0.05) is 31.3 Å². The molecule has 5 rings (SSSR count). The van der Waals surface area contributed by atoms with E-state index in [-0.39, 0.29) is 0 Å². The fourth-order valence-corrected chi connectivity index (χ4v) is 6.49. The van der Waals surface area contributed by atoms with E-state index >= 15 is 0 Å². The predicted molar refractivity (Wildman–Crippen MR) is 125 cm³/mol. The number of thiophene rings is 4. The van der Waals surface area contributed by atoms with Crippen molar-refractivity contribution in [2.75, 3.05) is 0 Å². The second-order valence-electron chi connectivity index (χ2n) is 6.61. The SMILES string of the molecule is C(#C[C@H]1CC[C@@H]1C#Cc1ccc(-c2cccs2)s1)c1ccc(-c2cccs2)s1. The van der Waals surface area contributed by atoms with Crippen molar-refractivity contribution in [1.29, 1.82) is 0 Å². The van der Waals surface area contributed by atoms with Crippen molar-refractivity contribution in [3.05, 3.63) is 69.0 Å². The maximum atomic E-state index is 3.47. The zero-order chi connectivity index (χ0) is 18.8. The van der Waals surface area contributed by atoms with Gasteiger partial charge in [-0.3, -0.25) is 0 Å². The molecule has 1 saturated carbocycles. The Hall–Kier alpha value is -2.08. The summed E-state index contributed by atoms with van der Waals surface area (Å²) < 4.78 is 0. The minimum atomic E-state index is 0.413. The van der Waals surface area contributed by atoms with Gasteiger partial charge in [-0.1, -0.05) is 35.8 Å². The summed E-state index contributed by atoms with van der Waals surface area (Å²) in [6.45, 7) is 0. The van der Waals surface area contributed by atoms with Gasteiger partial charge in [-0.25, -0.2) is 0 Å². The average molecular weight is 433 g/mol. The molecule has 28 heavy (non-hydrogen) atoms. The molecule has 0 radical (unpaired) electrons. The van der Waals surface area contributed by atoms with E-state index in [1.807, 2.05) is 0 Å². The van der Waals surface area contributed by atoms with E-state index in [9.17, 15) is 0 Å². The van der Waals surface area contributed by atoms with Gasteiger partial charge in [-0.15, -0.1) is 45.3 Å². The standard InChI is InChI=1S/C24H16S4/c1-3-21(25-15-1)23-13-11-19(27-23)9-7-17-5-6-18(17)8-10-20-12-14-24(28-20)22-4-2-16-26-22/h1-4,11-18H,5-6H2/t17-,18-/m1/s1. The topological polar surface area (TPSA) is 0 Å². The summed E-state index contributed by atoms with van der Waals surface area (Å²) in [5.41, 5.74) is 0. The molecule has 4 aromatic rings. The highest BCUT2D eigenvalue weighted by atomic mass is 32.1. The molecule has 0 saturated heterocycles. The second-order valence-corrected chi connectivity index (χ2v) is 10.7. The fourth-order valence-electron chi connectivity index (χ4n) is 3.09. The highest BCUT2D eigenvalue weighted by Gasteiger charge is 2.27. The lowest BCUT2D eigenvalue weighted by molar-refractivity contribution is 0.310. The Bertz CT molecular complexity index is 1080. The largest absolute Gasteiger partial charge is 0.143 e. The van der Waals surface area contributed by atoms with Crippen LogP contribution in [0, 0.1) is 35.5 Å². The average Bonchev–Trinajstić information content (AvgIpc) is 3.48. The van der Waals surface area contributed by atoms with Crippen molar-refractivity contribution in [1.82, 2.24) is 0 Å². The quantitative estimate of drug-likeness (QED) is 0.285. The summed E-state index contributed by atoms with van der Waals surface area (Å²) in [6.07, 6.45) is 2.33. The number of rotatable bonds is 2. The molecule has 0 aromatic carbocycles. The molecule has 136 valence electrons. The third-order valence-corrected chi connectivity index (χ3v) is 8.91. The van der Waals surface area contributed by atoms with Gasteiger partial charge in [0.2, 0.25) is 0 Å². The molecule has 4 aromatic heterocycles. The highest BCUT2D eigenvalue weighted by Crippen LogP contribution is 2.35. The van der Waals surface area contributed by atoms with Crippen LogP contribution in [0.5, 0.6) is 0 Å². The summed E-state index contributed by atoms with van der Waals surface area (Å²) >= 11 is 7.13. The van der Waals surface area contributed by atoms with Crippen LogP contribution in [0.2, 0.25) is 0 Å². The van der Waals surface area contributed by atoms with Crippen LogP contribution in [0.1, 0.15) is 22.6 Å². The predicted octanol–water partition coefficient (Wildman–Crippen LogP) is 7.70. The molecule has 1 fully saturated rings. The monoisotopic (exact) mass is 432 g/mol. The molecular formula is C24H16S4. The Morgan fingerprint density at radius 2 is 1.11 bits per heavy atom. The molecule has 2 atom stereocenters. The molecule has 0 nitrogen and oxygen atoms in total. The molecule has 0 N–H and O–H groups in total. The van der Waals surface area contributed by atoms with Crippen molar-refractivity contribution >= 4 is 45.3 Å². The normalized spacial score (nSPS) is 17.9. The van der Waals surface area contributed by atoms with Crippen LogP contribution >= 0.6 is 45.3 Å². The van der Waals surface area contributed by atoms with E-state index < -0.39 is 0 Å². The van der Waals surface area contributed by atoms with Gasteiger partial charge < -0.3 is 0 Å². The van der Waals surface area contributed by atoms with E-state index in [1.54, 1.807) is 45.3 Å². The number of hydrogen-bond acceptors (Lipinski definition) is 4. The van der Waals surface area contributed by atoms with Gasteiger partial charge in [0.15, 0.2) is 0 Å². The fraction of sp³-hybridized carbons (Fsp3) is 0.167. The highest BCUT2D eigenvalue weighted by molar-refractivity contribution is 7.22. The minimum Gasteiger partial charge on any atom is -0.143 e. The molecule has 0 amide bonds. The van der Waals surface area contributed by atoms with Crippen molar-refractivity contribution in [2.24, 2.45) is 11.8 Å². The van der Waals surface area contributed by atoms with Gasteiger partial charge in [0.25, 0.3) is 0 Å². The number of hydrogen-bond donors (Lipinski definition) is 0. The molecule has 1 aliphatic rings. The molecule has 0 unspecified atom stereocenters. The first-order valence-corrected chi connectivity index (χ1v) is 12.5. The Morgan fingerprint density at radius 3 is 1.50 bits per heavy atom. The Labute approximate surface area is 181 Å². The lowest BCUT2D eigenvalue weighted by atomic mass is 9.74. The lowest BCUT2D eigenvalue weighted by Gasteiger charge is -2.28. The smallest absolute Gasteiger partial charge is 0.0775 e. The van der Waals surface area contributed by atoms with Gasteiger partial charge in [0.05, 0.1) is 9.75 Å². The Kier molecular flexibility index (Phi) is 5.21. The van der Waals surface area contributed by atoms with E-state index in [0.29, 0.717) is 11.8 Å². The van der Waals surface area contributed by atoms with E-state index in [1.165, 1.54) is 32.4 Å². The summed E-state index contributed by atoms with van der Waals surface area (Å²) in [5.74, 6) is 14.6. The Morgan fingerprint density at radius 1 is 0.607 bits per heavy atom. The zero-order valence-electron chi connectivity index (χ0n) is 15.0. The lowest BCUT2D eigenvalue weighted by Crippen LogP contribution is -2.22. The summed E-state index contributed by atoms with van der Waals surface area (Å²) in [4.78, 5) is 7.57. The van der Waals surface area contributed by atoms with Gasteiger partial charge in [-0.05, 0) is 60.0 Å². The molecule has 0 bridgehead atoms. The van der Waals surface area contributed by atoms with Gasteiger partial charge in [0.1, 0.15) is 0 Å². The first kappa shape index (κ1) is 18.0. The first-order chi connectivity index (χ1) is 13.8. The van der Waals surface area contributed by atoms with Crippen molar-refractivity contribution < 1.29 is 0 Å². The van der Waals surface area contributed by atoms with E-state index in [0.717, 1.165) is 9.75 Å². The third kappa shape index (κ3) is 3.88. The van der Waals surface area contributed by atoms with Crippen LogP contribution in [0.15, 0.2) is 59.3 Å². The van der Waals surface area contributed by atoms with Crippen LogP contribution < -0.4 is 0 Å².